The van der Waals surface area contributed by atoms with Gasteiger partial charge in [0, 0.05) is 18.0 Å². The number of hydrogen-bond donors (Lipinski definition) is 0. The van der Waals surface area contributed by atoms with Crippen LogP contribution in [-0.2, 0) is 4.74 Å². The topological polar surface area (TPSA) is 29.5 Å². The van der Waals surface area contributed by atoms with E-state index in [1.165, 1.54) is 0 Å². The molecule has 1 aliphatic rings. The molecule has 0 N–H and O–H groups in total. The van der Waals surface area contributed by atoms with Crippen LogP contribution in [0.3, 0.4) is 0 Å². The van der Waals surface area contributed by atoms with E-state index < -0.39 is 6.10 Å². The molecule has 3 heteroatoms. The monoisotopic (exact) mass is 195 g/mol. The minimum absolute atomic E-state index is 0.153. The lowest BCUT2D eigenvalue weighted by Crippen LogP contribution is -2.54. The Bertz CT molecular complexity index is 276. The van der Waals surface area contributed by atoms with Crippen molar-refractivity contribution >= 4 is 6.09 Å². The van der Waals surface area contributed by atoms with Crippen molar-refractivity contribution < 1.29 is 9.53 Å². The Balaban J connectivity index is 2.84. The molecule has 78 valence electrons. The van der Waals surface area contributed by atoms with Crippen LogP contribution in [0.1, 0.15) is 27.7 Å². The predicted octanol–water partition coefficient (Wildman–Crippen LogP) is 1.88. The van der Waals surface area contributed by atoms with Crippen molar-refractivity contribution in [1.82, 2.24) is 4.90 Å². The van der Waals surface area contributed by atoms with Crippen LogP contribution < -0.4 is 0 Å². The highest BCUT2D eigenvalue weighted by Gasteiger charge is 2.41. The molecule has 1 heterocycles. The number of terminal acetylenes is 1. The van der Waals surface area contributed by atoms with Crippen LogP contribution in [0.15, 0.2) is 0 Å². The number of cyclic esters (lactones) is 1. The standard InChI is InChI=1S/C11H17NO2/c1-6-9-11(4,5)7-12(8(2)3)10(13)14-9/h1,8-9H,7H2,2-5H3/t9-/m0/s1. The largest absolute Gasteiger partial charge is 0.432 e. The summed E-state index contributed by atoms with van der Waals surface area (Å²) in [5, 5.41) is 0. The van der Waals surface area contributed by atoms with E-state index in [9.17, 15) is 4.79 Å². The van der Waals surface area contributed by atoms with E-state index in [1.54, 1.807) is 4.90 Å². The fourth-order valence-electron chi connectivity index (χ4n) is 1.57. The first-order valence-corrected chi connectivity index (χ1v) is 4.82. The Labute approximate surface area is 85.4 Å². The lowest BCUT2D eigenvalue weighted by molar-refractivity contribution is -0.0314. The summed E-state index contributed by atoms with van der Waals surface area (Å²) in [7, 11) is 0. The quantitative estimate of drug-likeness (QED) is 0.598. The van der Waals surface area contributed by atoms with Gasteiger partial charge in [-0.25, -0.2) is 4.79 Å². The van der Waals surface area contributed by atoms with Crippen molar-refractivity contribution in [3.05, 3.63) is 0 Å². The van der Waals surface area contributed by atoms with E-state index in [1.807, 2.05) is 27.7 Å². The number of amides is 1. The van der Waals surface area contributed by atoms with Crippen molar-refractivity contribution in [2.24, 2.45) is 5.41 Å². The van der Waals surface area contributed by atoms with E-state index in [-0.39, 0.29) is 17.6 Å². The Morgan fingerprint density at radius 2 is 2.21 bits per heavy atom. The molecule has 0 spiro atoms. The zero-order valence-corrected chi connectivity index (χ0v) is 9.20. The first-order chi connectivity index (χ1) is 6.38. The van der Waals surface area contributed by atoms with Gasteiger partial charge in [-0.15, -0.1) is 6.42 Å². The summed E-state index contributed by atoms with van der Waals surface area (Å²) in [5.41, 5.74) is -0.174. The molecule has 14 heavy (non-hydrogen) atoms. The van der Waals surface area contributed by atoms with Gasteiger partial charge >= 0.3 is 6.09 Å². The lowest BCUT2D eigenvalue weighted by atomic mass is 9.85. The maximum atomic E-state index is 11.5. The van der Waals surface area contributed by atoms with Crippen LogP contribution in [0, 0.1) is 17.8 Å². The van der Waals surface area contributed by atoms with Gasteiger partial charge in [0.05, 0.1) is 0 Å². The van der Waals surface area contributed by atoms with Gasteiger partial charge in [-0.1, -0.05) is 19.8 Å². The molecule has 3 nitrogen and oxygen atoms in total. The van der Waals surface area contributed by atoms with Gasteiger partial charge < -0.3 is 9.64 Å². The molecule has 1 amide bonds. The Hall–Kier alpha value is -1.17. The molecule has 0 unspecified atom stereocenters. The average Bonchev–Trinajstić information content (AvgIpc) is 2.07. The molecule has 0 aromatic carbocycles. The van der Waals surface area contributed by atoms with Gasteiger partial charge in [-0.3, -0.25) is 0 Å². The highest BCUT2D eigenvalue weighted by atomic mass is 16.6. The van der Waals surface area contributed by atoms with Crippen LogP contribution in [0.4, 0.5) is 4.79 Å². The molecule has 1 aliphatic heterocycles. The molecular formula is C11H17NO2. The molecule has 0 saturated carbocycles. The highest BCUT2D eigenvalue weighted by Crippen LogP contribution is 2.30. The summed E-state index contributed by atoms with van der Waals surface area (Å²) in [6.07, 6.45) is 4.60. The maximum Gasteiger partial charge on any atom is 0.411 e. The third kappa shape index (κ3) is 1.84. The molecule has 1 rings (SSSR count). The van der Waals surface area contributed by atoms with Crippen LogP contribution in [0.5, 0.6) is 0 Å². The SMILES string of the molecule is C#C[C@@H]1OC(=O)N(C(C)C)CC1(C)C. The van der Waals surface area contributed by atoms with E-state index in [2.05, 4.69) is 5.92 Å². The molecule has 0 aromatic heterocycles. The van der Waals surface area contributed by atoms with Crippen molar-refractivity contribution in [2.45, 2.75) is 39.8 Å². The summed E-state index contributed by atoms with van der Waals surface area (Å²) in [5.74, 6) is 2.51. The van der Waals surface area contributed by atoms with Gasteiger partial charge in [0.25, 0.3) is 0 Å². The zero-order chi connectivity index (χ0) is 10.9. The normalized spacial score (nSPS) is 25.9. The van der Waals surface area contributed by atoms with Gasteiger partial charge in [0.2, 0.25) is 0 Å². The van der Waals surface area contributed by atoms with Crippen molar-refractivity contribution in [3.63, 3.8) is 0 Å². The summed E-state index contributed by atoms with van der Waals surface area (Å²) >= 11 is 0. The second-order valence-electron chi connectivity index (χ2n) is 4.64. The van der Waals surface area contributed by atoms with Gasteiger partial charge in [-0.2, -0.15) is 0 Å². The Morgan fingerprint density at radius 3 is 2.64 bits per heavy atom. The molecule has 0 aliphatic carbocycles. The summed E-state index contributed by atoms with van der Waals surface area (Å²) in [6, 6.07) is 0.153. The molecule has 0 bridgehead atoms. The fraction of sp³-hybridized carbons (Fsp3) is 0.727. The summed E-state index contributed by atoms with van der Waals surface area (Å²) < 4.78 is 5.18. The third-order valence-electron chi connectivity index (χ3n) is 2.52. The Morgan fingerprint density at radius 1 is 1.64 bits per heavy atom. The average molecular weight is 195 g/mol. The maximum absolute atomic E-state index is 11.5. The highest BCUT2D eigenvalue weighted by molar-refractivity contribution is 5.69. The predicted molar refractivity (Wildman–Crippen MR) is 54.7 cm³/mol. The number of carbonyl (C=O) groups is 1. The number of carbonyl (C=O) groups excluding carboxylic acids is 1. The fourth-order valence-corrected chi connectivity index (χ4v) is 1.57. The van der Waals surface area contributed by atoms with Crippen molar-refractivity contribution in [1.29, 1.82) is 0 Å². The third-order valence-corrected chi connectivity index (χ3v) is 2.52. The van der Waals surface area contributed by atoms with Crippen molar-refractivity contribution in [3.8, 4) is 12.3 Å². The van der Waals surface area contributed by atoms with Crippen LogP contribution in [-0.4, -0.2) is 29.7 Å². The van der Waals surface area contributed by atoms with E-state index in [0.29, 0.717) is 6.54 Å². The minimum Gasteiger partial charge on any atom is -0.432 e. The molecular weight excluding hydrogens is 178 g/mol. The molecule has 1 fully saturated rings. The number of hydrogen-bond acceptors (Lipinski definition) is 2. The second-order valence-corrected chi connectivity index (χ2v) is 4.64. The first kappa shape index (κ1) is 10.9. The van der Waals surface area contributed by atoms with Gasteiger partial charge in [0.15, 0.2) is 6.10 Å². The van der Waals surface area contributed by atoms with Crippen LogP contribution in [0.25, 0.3) is 0 Å². The van der Waals surface area contributed by atoms with E-state index in [0.717, 1.165) is 0 Å². The van der Waals surface area contributed by atoms with Gasteiger partial charge in [0.1, 0.15) is 0 Å². The van der Waals surface area contributed by atoms with Gasteiger partial charge in [-0.05, 0) is 13.8 Å². The smallest absolute Gasteiger partial charge is 0.411 e. The lowest BCUT2D eigenvalue weighted by Gasteiger charge is -2.42. The molecule has 1 saturated heterocycles. The first-order valence-electron chi connectivity index (χ1n) is 4.82. The van der Waals surface area contributed by atoms with E-state index >= 15 is 0 Å². The Kier molecular flexibility index (Phi) is 2.75. The zero-order valence-electron chi connectivity index (χ0n) is 9.20. The number of rotatable bonds is 1. The van der Waals surface area contributed by atoms with Crippen LogP contribution in [0.2, 0.25) is 0 Å². The second kappa shape index (κ2) is 3.53. The number of ether oxygens (including phenoxy) is 1. The molecule has 0 aromatic rings. The molecule has 1 atom stereocenters. The van der Waals surface area contributed by atoms with Crippen LogP contribution >= 0.6 is 0 Å². The molecule has 0 radical (unpaired) electrons. The van der Waals surface area contributed by atoms with E-state index in [4.69, 9.17) is 11.2 Å². The summed E-state index contributed by atoms with van der Waals surface area (Å²) in [6.45, 7) is 8.61. The summed E-state index contributed by atoms with van der Waals surface area (Å²) in [4.78, 5) is 13.2. The minimum atomic E-state index is -0.412. The van der Waals surface area contributed by atoms with Crippen molar-refractivity contribution in [2.75, 3.05) is 6.54 Å². The number of nitrogens with zero attached hydrogens (tertiary/aromatic N) is 1.